The van der Waals surface area contributed by atoms with E-state index in [1.165, 1.54) is 18.2 Å². The standard InChI is InChI=1S/C19H26N4O2S/c1-4-21-19(22-13-16-7-5-15(2)6-8-16)23-14-17-9-11-18(12-10-17)26(24,25)20-3/h5-12,20H,4,13-14H2,1-3H3,(H2,21,22,23). The van der Waals surface area contributed by atoms with Gasteiger partial charge >= 0.3 is 0 Å². The Hall–Kier alpha value is -2.38. The van der Waals surface area contributed by atoms with Gasteiger partial charge in [-0.25, -0.2) is 18.1 Å². The Morgan fingerprint density at radius 1 is 0.962 bits per heavy atom. The normalized spacial score (nSPS) is 12.0. The van der Waals surface area contributed by atoms with Crippen LogP contribution in [0.25, 0.3) is 0 Å². The smallest absolute Gasteiger partial charge is 0.240 e. The molecule has 26 heavy (non-hydrogen) atoms. The molecule has 2 rings (SSSR count). The molecule has 0 fully saturated rings. The number of sulfonamides is 1. The van der Waals surface area contributed by atoms with Gasteiger partial charge in [-0.1, -0.05) is 42.0 Å². The van der Waals surface area contributed by atoms with Gasteiger partial charge in [-0.3, -0.25) is 0 Å². The Balaban J connectivity index is 2.00. The van der Waals surface area contributed by atoms with Gasteiger partial charge < -0.3 is 10.6 Å². The molecule has 0 bridgehead atoms. The van der Waals surface area contributed by atoms with E-state index in [9.17, 15) is 8.42 Å². The predicted molar refractivity (Wildman–Crippen MR) is 106 cm³/mol. The maximum Gasteiger partial charge on any atom is 0.240 e. The van der Waals surface area contributed by atoms with Crippen LogP contribution < -0.4 is 15.4 Å². The maximum atomic E-state index is 11.7. The highest BCUT2D eigenvalue weighted by Crippen LogP contribution is 2.11. The predicted octanol–water partition coefficient (Wildman–Crippen LogP) is 2.16. The van der Waals surface area contributed by atoms with Crippen LogP contribution in [0.15, 0.2) is 58.4 Å². The van der Waals surface area contributed by atoms with Crippen LogP contribution in [-0.2, 0) is 23.1 Å². The van der Waals surface area contributed by atoms with Crippen LogP contribution >= 0.6 is 0 Å². The third-order valence-corrected chi connectivity index (χ3v) is 5.28. The molecule has 0 saturated heterocycles. The highest BCUT2D eigenvalue weighted by molar-refractivity contribution is 7.89. The Labute approximate surface area is 155 Å². The number of aliphatic imine (C=N–C) groups is 1. The number of hydrogen-bond acceptors (Lipinski definition) is 3. The summed E-state index contributed by atoms with van der Waals surface area (Å²) in [5.41, 5.74) is 3.36. The molecular formula is C19H26N4O2S. The first-order valence-electron chi connectivity index (χ1n) is 8.55. The van der Waals surface area contributed by atoms with Gasteiger partial charge in [-0.05, 0) is 44.2 Å². The zero-order valence-electron chi connectivity index (χ0n) is 15.4. The Kier molecular flexibility index (Phi) is 7.17. The van der Waals surface area contributed by atoms with Crippen LogP contribution in [0.3, 0.4) is 0 Å². The number of aryl methyl sites for hydroxylation is 1. The van der Waals surface area contributed by atoms with Crippen molar-refractivity contribution in [3.63, 3.8) is 0 Å². The van der Waals surface area contributed by atoms with E-state index in [4.69, 9.17) is 0 Å². The van der Waals surface area contributed by atoms with Crippen molar-refractivity contribution >= 4 is 16.0 Å². The first-order chi connectivity index (χ1) is 12.4. The summed E-state index contributed by atoms with van der Waals surface area (Å²) in [4.78, 5) is 4.81. The highest BCUT2D eigenvalue weighted by atomic mass is 32.2. The van der Waals surface area contributed by atoms with Gasteiger partial charge in [0.15, 0.2) is 5.96 Å². The SMILES string of the molecule is CCNC(=NCc1ccc(S(=O)(=O)NC)cc1)NCc1ccc(C)cc1. The molecule has 2 aromatic carbocycles. The summed E-state index contributed by atoms with van der Waals surface area (Å²) >= 11 is 0. The quantitative estimate of drug-likeness (QED) is 0.512. The number of nitrogens with zero attached hydrogens (tertiary/aromatic N) is 1. The van der Waals surface area contributed by atoms with Crippen molar-refractivity contribution in [3.05, 3.63) is 65.2 Å². The average molecular weight is 375 g/mol. The van der Waals surface area contributed by atoms with Gasteiger partial charge in [0.25, 0.3) is 0 Å². The average Bonchev–Trinajstić information content (AvgIpc) is 2.65. The molecule has 0 aliphatic rings. The van der Waals surface area contributed by atoms with Crippen molar-refractivity contribution < 1.29 is 8.42 Å². The van der Waals surface area contributed by atoms with Gasteiger partial charge in [0, 0.05) is 13.1 Å². The number of guanidine groups is 1. The van der Waals surface area contributed by atoms with E-state index in [2.05, 4.69) is 51.5 Å². The second-order valence-corrected chi connectivity index (χ2v) is 7.77. The molecule has 3 N–H and O–H groups in total. The third kappa shape index (κ3) is 5.86. The van der Waals surface area contributed by atoms with Crippen LogP contribution in [-0.4, -0.2) is 28.0 Å². The molecule has 0 aromatic heterocycles. The molecule has 0 aliphatic heterocycles. The fraction of sp³-hybridized carbons (Fsp3) is 0.316. The summed E-state index contributed by atoms with van der Waals surface area (Å²) in [5.74, 6) is 0.722. The fourth-order valence-corrected chi connectivity index (χ4v) is 3.03. The molecule has 0 spiro atoms. The lowest BCUT2D eigenvalue weighted by molar-refractivity contribution is 0.588. The molecule has 0 heterocycles. The molecule has 0 unspecified atom stereocenters. The third-order valence-electron chi connectivity index (χ3n) is 3.85. The minimum absolute atomic E-state index is 0.247. The lowest BCUT2D eigenvalue weighted by Crippen LogP contribution is -2.36. The highest BCUT2D eigenvalue weighted by Gasteiger charge is 2.10. The Bertz CT molecular complexity index is 829. The summed E-state index contributed by atoms with van der Waals surface area (Å²) in [7, 11) is -2.01. The molecule has 140 valence electrons. The van der Waals surface area contributed by atoms with Gasteiger partial charge in [-0.15, -0.1) is 0 Å². The van der Waals surface area contributed by atoms with Crippen molar-refractivity contribution in [2.75, 3.05) is 13.6 Å². The second kappa shape index (κ2) is 9.35. The van der Waals surface area contributed by atoms with Gasteiger partial charge in [0.1, 0.15) is 0 Å². The van der Waals surface area contributed by atoms with E-state index in [0.717, 1.165) is 18.1 Å². The molecular weight excluding hydrogens is 348 g/mol. The zero-order valence-corrected chi connectivity index (χ0v) is 16.2. The summed E-state index contributed by atoms with van der Waals surface area (Å²) in [5, 5.41) is 6.52. The van der Waals surface area contributed by atoms with E-state index in [0.29, 0.717) is 13.1 Å². The minimum Gasteiger partial charge on any atom is -0.357 e. The Morgan fingerprint density at radius 3 is 2.15 bits per heavy atom. The van der Waals surface area contributed by atoms with Gasteiger partial charge in [0.2, 0.25) is 10.0 Å². The largest absolute Gasteiger partial charge is 0.357 e. The summed E-state index contributed by atoms with van der Waals surface area (Å²) < 4.78 is 25.8. The molecule has 6 nitrogen and oxygen atoms in total. The van der Waals surface area contributed by atoms with Crippen molar-refractivity contribution in [2.24, 2.45) is 4.99 Å². The first kappa shape index (κ1) is 19.9. The summed E-state index contributed by atoms with van der Waals surface area (Å²) in [6, 6.07) is 15.1. The van der Waals surface area contributed by atoms with Crippen LogP contribution in [0.2, 0.25) is 0 Å². The molecule has 2 aromatic rings. The van der Waals surface area contributed by atoms with Crippen LogP contribution in [0.5, 0.6) is 0 Å². The van der Waals surface area contributed by atoms with Crippen LogP contribution in [0.4, 0.5) is 0 Å². The monoisotopic (exact) mass is 374 g/mol. The molecule has 0 radical (unpaired) electrons. The minimum atomic E-state index is -3.41. The van der Waals surface area contributed by atoms with Gasteiger partial charge in [-0.2, -0.15) is 0 Å². The van der Waals surface area contributed by atoms with E-state index in [1.54, 1.807) is 24.3 Å². The van der Waals surface area contributed by atoms with Gasteiger partial charge in [0.05, 0.1) is 11.4 Å². The van der Waals surface area contributed by atoms with Crippen molar-refractivity contribution in [1.29, 1.82) is 0 Å². The lowest BCUT2D eigenvalue weighted by atomic mass is 10.1. The second-order valence-electron chi connectivity index (χ2n) is 5.89. The lowest BCUT2D eigenvalue weighted by Gasteiger charge is -2.11. The Morgan fingerprint density at radius 2 is 1.58 bits per heavy atom. The summed E-state index contributed by atoms with van der Waals surface area (Å²) in [6.45, 7) is 5.99. The topological polar surface area (TPSA) is 82.6 Å². The molecule has 7 heteroatoms. The number of hydrogen-bond donors (Lipinski definition) is 3. The van der Waals surface area contributed by atoms with E-state index < -0.39 is 10.0 Å². The first-order valence-corrected chi connectivity index (χ1v) is 10.0. The van der Waals surface area contributed by atoms with Crippen LogP contribution in [0.1, 0.15) is 23.6 Å². The zero-order chi connectivity index (χ0) is 19.0. The molecule has 0 amide bonds. The number of rotatable bonds is 7. The molecule has 0 aliphatic carbocycles. The van der Waals surface area contributed by atoms with E-state index in [1.807, 2.05) is 6.92 Å². The van der Waals surface area contributed by atoms with Crippen LogP contribution in [0, 0.1) is 6.92 Å². The van der Waals surface area contributed by atoms with E-state index >= 15 is 0 Å². The van der Waals surface area contributed by atoms with E-state index in [-0.39, 0.29) is 4.90 Å². The number of nitrogens with one attached hydrogen (secondary N) is 3. The molecule has 0 saturated carbocycles. The fourth-order valence-electron chi connectivity index (χ4n) is 2.30. The molecule has 0 atom stereocenters. The number of benzene rings is 2. The van der Waals surface area contributed by atoms with Crippen molar-refractivity contribution in [2.45, 2.75) is 31.8 Å². The van der Waals surface area contributed by atoms with Crippen molar-refractivity contribution in [1.82, 2.24) is 15.4 Å². The summed E-state index contributed by atoms with van der Waals surface area (Å²) in [6.07, 6.45) is 0. The van der Waals surface area contributed by atoms with Crippen molar-refractivity contribution in [3.8, 4) is 0 Å². The maximum absolute atomic E-state index is 11.7.